The molecule has 1 amide bonds. The molecule has 0 spiro atoms. The van der Waals surface area contributed by atoms with Crippen LogP contribution in [0.5, 0.6) is 0 Å². The maximum Gasteiger partial charge on any atom is 0.223 e. The van der Waals surface area contributed by atoms with Crippen LogP contribution >= 0.6 is 11.6 Å². The fourth-order valence-corrected chi connectivity index (χ4v) is 3.76. The van der Waals surface area contributed by atoms with Crippen LogP contribution in [-0.2, 0) is 16.1 Å². The Morgan fingerprint density at radius 2 is 2.13 bits per heavy atom. The van der Waals surface area contributed by atoms with Crippen molar-refractivity contribution in [3.63, 3.8) is 0 Å². The Bertz CT molecular complexity index is 529. The Kier molecular flexibility index (Phi) is 5.51. The lowest BCUT2D eigenvalue weighted by molar-refractivity contribution is -0.123. The third-order valence-corrected chi connectivity index (χ3v) is 5.25. The molecule has 2 N–H and O–H groups in total. The molecule has 1 aromatic rings. The van der Waals surface area contributed by atoms with Crippen molar-refractivity contribution in [2.75, 3.05) is 19.7 Å². The molecular weight excluding hydrogens is 314 g/mol. The number of ether oxygens (including phenoxy) is 1. The van der Waals surface area contributed by atoms with Crippen LogP contribution < -0.4 is 5.73 Å². The minimum Gasteiger partial charge on any atom is -0.377 e. The molecule has 2 fully saturated rings. The number of hydrogen-bond acceptors (Lipinski definition) is 4. The lowest BCUT2D eigenvalue weighted by Gasteiger charge is -2.33. The summed E-state index contributed by atoms with van der Waals surface area (Å²) in [5.41, 5.74) is 6.52. The van der Waals surface area contributed by atoms with Crippen molar-refractivity contribution < 1.29 is 9.53 Å². The van der Waals surface area contributed by atoms with Crippen molar-refractivity contribution in [1.29, 1.82) is 0 Å². The van der Waals surface area contributed by atoms with E-state index in [1.165, 1.54) is 0 Å². The second kappa shape index (κ2) is 7.60. The SMILES string of the molecule is NC(=O)[C@@H]1CCO[C@@H]1CC1CCN(Cc2ccc(Cl)cn2)CC1. The molecule has 0 aromatic carbocycles. The first kappa shape index (κ1) is 16.7. The third-order valence-electron chi connectivity index (χ3n) is 5.02. The standard InChI is InChI=1S/C17H24ClN3O2/c18-13-1-2-14(20-10-13)11-21-6-3-12(4-7-21)9-16-15(17(19)22)5-8-23-16/h1-2,10,12,15-16H,3-9,11H2,(H2,19,22)/t15-,16-/m1/s1. The number of pyridine rings is 1. The number of amides is 1. The highest BCUT2D eigenvalue weighted by Gasteiger charge is 2.35. The van der Waals surface area contributed by atoms with Crippen LogP contribution in [0.25, 0.3) is 0 Å². The summed E-state index contributed by atoms with van der Waals surface area (Å²) in [6.45, 7) is 3.65. The molecule has 2 atom stereocenters. The molecule has 0 aliphatic carbocycles. The second-order valence-corrected chi connectivity index (χ2v) is 7.07. The number of primary amides is 1. The normalized spacial score (nSPS) is 26.5. The van der Waals surface area contributed by atoms with Crippen LogP contribution in [0.1, 0.15) is 31.4 Å². The van der Waals surface area contributed by atoms with E-state index < -0.39 is 0 Å². The Hall–Kier alpha value is -1.17. The van der Waals surface area contributed by atoms with E-state index in [-0.39, 0.29) is 17.9 Å². The summed E-state index contributed by atoms with van der Waals surface area (Å²) in [5.74, 6) is 0.319. The molecule has 0 bridgehead atoms. The highest BCUT2D eigenvalue weighted by atomic mass is 35.5. The molecule has 0 radical (unpaired) electrons. The van der Waals surface area contributed by atoms with Crippen LogP contribution in [0.15, 0.2) is 18.3 Å². The van der Waals surface area contributed by atoms with E-state index in [1.807, 2.05) is 12.1 Å². The predicted molar refractivity (Wildman–Crippen MR) is 88.9 cm³/mol. The second-order valence-electron chi connectivity index (χ2n) is 6.63. The van der Waals surface area contributed by atoms with Gasteiger partial charge in [-0.3, -0.25) is 14.7 Å². The van der Waals surface area contributed by atoms with Crippen LogP contribution in [0, 0.1) is 11.8 Å². The van der Waals surface area contributed by atoms with E-state index in [4.69, 9.17) is 22.1 Å². The molecule has 0 unspecified atom stereocenters. The summed E-state index contributed by atoms with van der Waals surface area (Å²) >= 11 is 5.87. The highest BCUT2D eigenvalue weighted by Crippen LogP contribution is 2.30. The average Bonchev–Trinajstić information content (AvgIpc) is 3.00. The smallest absolute Gasteiger partial charge is 0.223 e. The zero-order valence-corrected chi connectivity index (χ0v) is 14.0. The first-order valence-electron chi connectivity index (χ1n) is 8.35. The van der Waals surface area contributed by atoms with Gasteiger partial charge in [0.25, 0.3) is 0 Å². The van der Waals surface area contributed by atoms with Crippen LogP contribution in [0.3, 0.4) is 0 Å². The maximum absolute atomic E-state index is 11.5. The van der Waals surface area contributed by atoms with Crippen molar-refractivity contribution >= 4 is 17.5 Å². The number of hydrogen-bond donors (Lipinski definition) is 1. The molecular formula is C17H24ClN3O2. The van der Waals surface area contributed by atoms with Crippen molar-refractivity contribution in [2.45, 2.75) is 38.3 Å². The van der Waals surface area contributed by atoms with Crippen molar-refractivity contribution in [3.05, 3.63) is 29.0 Å². The molecule has 3 rings (SSSR count). The number of piperidine rings is 1. The lowest BCUT2D eigenvalue weighted by Crippen LogP contribution is -2.37. The number of halogens is 1. The topological polar surface area (TPSA) is 68.5 Å². The summed E-state index contributed by atoms with van der Waals surface area (Å²) in [6, 6.07) is 3.87. The van der Waals surface area contributed by atoms with Gasteiger partial charge in [0.05, 0.1) is 22.7 Å². The summed E-state index contributed by atoms with van der Waals surface area (Å²) in [4.78, 5) is 18.2. The average molecular weight is 338 g/mol. The number of nitrogens with two attached hydrogens (primary N) is 1. The fraction of sp³-hybridized carbons (Fsp3) is 0.647. The van der Waals surface area contributed by atoms with Crippen molar-refractivity contribution in [1.82, 2.24) is 9.88 Å². The van der Waals surface area contributed by atoms with Gasteiger partial charge in [-0.25, -0.2) is 0 Å². The van der Waals surface area contributed by atoms with Gasteiger partial charge in [-0.2, -0.15) is 0 Å². The van der Waals surface area contributed by atoms with Crippen LogP contribution in [0.2, 0.25) is 5.02 Å². The molecule has 23 heavy (non-hydrogen) atoms. The van der Waals surface area contributed by atoms with Crippen molar-refractivity contribution in [3.8, 4) is 0 Å². The van der Waals surface area contributed by atoms with E-state index in [0.29, 0.717) is 17.5 Å². The molecule has 2 saturated heterocycles. The summed E-state index contributed by atoms with van der Waals surface area (Å²) in [5, 5.41) is 0.674. The number of likely N-dealkylation sites (tertiary alicyclic amines) is 1. The summed E-state index contributed by atoms with van der Waals surface area (Å²) in [7, 11) is 0. The first-order chi connectivity index (χ1) is 11.1. The molecule has 3 heterocycles. The number of carbonyl (C=O) groups excluding carboxylic acids is 1. The predicted octanol–water partition coefficient (Wildman–Crippen LogP) is 2.23. The Labute approximate surface area is 142 Å². The highest BCUT2D eigenvalue weighted by molar-refractivity contribution is 6.30. The van der Waals surface area contributed by atoms with E-state index in [1.54, 1.807) is 6.20 Å². The van der Waals surface area contributed by atoms with Gasteiger partial charge in [0.2, 0.25) is 5.91 Å². The maximum atomic E-state index is 11.5. The third kappa shape index (κ3) is 4.43. The lowest BCUT2D eigenvalue weighted by atomic mass is 9.86. The Balaban J connectivity index is 1.45. The number of nitrogens with zero attached hydrogens (tertiary/aromatic N) is 2. The van der Waals surface area contributed by atoms with Gasteiger partial charge in [-0.05, 0) is 56.8 Å². The molecule has 0 saturated carbocycles. The molecule has 126 valence electrons. The largest absolute Gasteiger partial charge is 0.377 e. The Morgan fingerprint density at radius 3 is 2.78 bits per heavy atom. The van der Waals surface area contributed by atoms with Gasteiger partial charge in [0, 0.05) is 19.3 Å². The minimum atomic E-state index is -0.209. The number of aromatic nitrogens is 1. The first-order valence-corrected chi connectivity index (χ1v) is 8.73. The van der Waals surface area contributed by atoms with E-state index in [9.17, 15) is 4.79 Å². The minimum absolute atomic E-state index is 0.0296. The molecule has 2 aliphatic heterocycles. The van der Waals surface area contributed by atoms with Crippen LogP contribution in [-0.4, -0.2) is 41.6 Å². The van der Waals surface area contributed by atoms with Crippen molar-refractivity contribution in [2.24, 2.45) is 17.6 Å². The fourth-order valence-electron chi connectivity index (χ4n) is 3.64. The van der Waals surface area contributed by atoms with E-state index in [0.717, 1.165) is 51.0 Å². The van der Waals surface area contributed by atoms with Gasteiger partial charge in [0.1, 0.15) is 0 Å². The van der Waals surface area contributed by atoms with Crippen LogP contribution in [0.4, 0.5) is 0 Å². The Morgan fingerprint density at radius 1 is 1.35 bits per heavy atom. The van der Waals surface area contributed by atoms with Gasteiger partial charge in [-0.1, -0.05) is 11.6 Å². The van der Waals surface area contributed by atoms with Gasteiger partial charge < -0.3 is 10.5 Å². The molecule has 2 aliphatic rings. The molecule has 6 heteroatoms. The quantitative estimate of drug-likeness (QED) is 0.894. The molecule has 1 aromatic heterocycles. The van der Waals surface area contributed by atoms with E-state index in [2.05, 4.69) is 9.88 Å². The summed E-state index contributed by atoms with van der Waals surface area (Å²) < 4.78 is 5.73. The summed E-state index contributed by atoms with van der Waals surface area (Å²) in [6.07, 6.45) is 5.74. The van der Waals surface area contributed by atoms with Gasteiger partial charge in [-0.15, -0.1) is 0 Å². The number of carbonyl (C=O) groups is 1. The monoisotopic (exact) mass is 337 g/mol. The van der Waals surface area contributed by atoms with Gasteiger partial charge >= 0.3 is 0 Å². The van der Waals surface area contributed by atoms with E-state index >= 15 is 0 Å². The zero-order chi connectivity index (χ0) is 16.2. The molecule has 5 nitrogen and oxygen atoms in total. The van der Waals surface area contributed by atoms with Gasteiger partial charge in [0.15, 0.2) is 0 Å². The number of rotatable bonds is 5. The zero-order valence-electron chi connectivity index (χ0n) is 13.3.